The van der Waals surface area contributed by atoms with Gasteiger partial charge in [0.15, 0.2) is 0 Å². The van der Waals surface area contributed by atoms with E-state index in [1.54, 1.807) is 55.6 Å². The highest BCUT2D eigenvalue weighted by Crippen LogP contribution is 2.19. The van der Waals surface area contributed by atoms with E-state index in [0.29, 0.717) is 24.2 Å². The highest BCUT2D eigenvalue weighted by atomic mass is 32.2. The number of amides is 1. The third kappa shape index (κ3) is 5.84. The summed E-state index contributed by atoms with van der Waals surface area (Å²) in [6.07, 6.45) is 0.957. The summed E-state index contributed by atoms with van der Waals surface area (Å²) in [6.45, 7) is 1.90. The van der Waals surface area contributed by atoms with Crippen molar-refractivity contribution in [2.24, 2.45) is 0 Å². The van der Waals surface area contributed by atoms with E-state index in [1.165, 1.54) is 0 Å². The van der Waals surface area contributed by atoms with Crippen LogP contribution in [-0.4, -0.2) is 21.4 Å². The third-order valence-corrected chi connectivity index (χ3v) is 5.95. The van der Waals surface area contributed by atoms with Crippen LogP contribution in [0.15, 0.2) is 77.7 Å². The van der Waals surface area contributed by atoms with Crippen LogP contribution in [0, 0.1) is 6.92 Å². The molecule has 0 spiro atoms. The zero-order valence-electron chi connectivity index (χ0n) is 16.9. The Hall–Kier alpha value is -3.32. The van der Waals surface area contributed by atoms with E-state index in [0.717, 1.165) is 16.9 Å². The van der Waals surface area contributed by atoms with E-state index in [2.05, 4.69) is 10.0 Å². The number of carbonyl (C=O) groups is 1. The second-order valence-corrected chi connectivity index (χ2v) is 8.57. The molecule has 0 aliphatic carbocycles. The molecule has 3 aromatic carbocycles. The maximum absolute atomic E-state index is 12.4. The molecule has 1 amide bonds. The SMILES string of the molecule is COc1ccc(CCC(=O)Nc2ccc(NS(=O)(=O)c3ccc(C)cc3)cc2)cc1. The Balaban J connectivity index is 1.54. The normalized spacial score (nSPS) is 11.0. The summed E-state index contributed by atoms with van der Waals surface area (Å²) in [7, 11) is -2.04. The number of hydrogen-bond donors (Lipinski definition) is 2. The smallest absolute Gasteiger partial charge is 0.261 e. The number of sulfonamides is 1. The van der Waals surface area contributed by atoms with Gasteiger partial charge < -0.3 is 10.1 Å². The van der Waals surface area contributed by atoms with Gasteiger partial charge in [-0.15, -0.1) is 0 Å². The molecule has 0 fully saturated rings. The van der Waals surface area contributed by atoms with Crippen LogP contribution < -0.4 is 14.8 Å². The van der Waals surface area contributed by atoms with Crippen molar-refractivity contribution in [2.45, 2.75) is 24.7 Å². The average Bonchev–Trinajstić information content (AvgIpc) is 2.74. The fourth-order valence-electron chi connectivity index (χ4n) is 2.83. The first-order valence-corrected chi connectivity index (χ1v) is 11.0. The number of carbonyl (C=O) groups excluding carboxylic acids is 1. The maximum atomic E-state index is 12.4. The molecule has 0 aromatic heterocycles. The molecule has 2 N–H and O–H groups in total. The summed E-state index contributed by atoms with van der Waals surface area (Å²) in [4.78, 5) is 12.4. The van der Waals surface area contributed by atoms with Gasteiger partial charge in [0.25, 0.3) is 10.0 Å². The van der Waals surface area contributed by atoms with Crippen molar-refractivity contribution in [3.63, 3.8) is 0 Å². The van der Waals surface area contributed by atoms with Crippen LogP contribution in [0.1, 0.15) is 17.5 Å². The number of rotatable bonds is 8. The van der Waals surface area contributed by atoms with E-state index in [-0.39, 0.29) is 10.8 Å². The van der Waals surface area contributed by atoms with Crippen molar-refractivity contribution in [1.29, 1.82) is 0 Å². The first-order valence-electron chi connectivity index (χ1n) is 9.48. The van der Waals surface area contributed by atoms with Gasteiger partial charge in [-0.25, -0.2) is 8.42 Å². The van der Waals surface area contributed by atoms with Gasteiger partial charge in [0, 0.05) is 17.8 Å². The van der Waals surface area contributed by atoms with Crippen LogP contribution in [0.2, 0.25) is 0 Å². The standard InChI is InChI=1S/C23H24N2O4S/c1-17-3-14-22(15-4-17)30(27,28)25-20-10-8-19(9-11-20)24-23(26)16-7-18-5-12-21(29-2)13-6-18/h3-6,8-15,25H,7,16H2,1-2H3,(H,24,26). The Morgan fingerprint density at radius 1 is 0.867 bits per heavy atom. The molecule has 0 unspecified atom stereocenters. The first kappa shape index (κ1) is 21.4. The first-order chi connectivity index (χ1) is 14.4. The maximum Gasteiger partial charge on any atom is 0.261 e. The zero-order chi connectivity index (χ0) is 21.6. The lowest BCUT2D eigenvalue weighted by Gasteiger charge is -2.10. The molecular formula is C23H24N2O4S. The van der Waals surface area contributed by atoms with Crippen LogP contribution in [0.25, 0.3) is 0 Å². The van der Waals surface area contributed by atoms with Crippen LogP contribution in [0.4, 0.5) is 11.4 Å². The number of ether oxygens (including phenoxy) is 1. The molecule has 6 nitrogen and oxygen atoms in total. The van der Waals surface area contributed by atoms with Gasteiger partial charge in [-0.3, -0.25) is 9.52 Å². The number of nitrogens with one attached hydrogen (secondary N) is 2. The largest absolute Gasteiger partial charge is 0.497 e. The van der Waals surface area contributed by atoms with Gasteiger partial charge in [0.05, 0.1) is 12.0 Å². The lowest BCUT2D eigenvalue weighted by molar-refractivity contribution is -0.116. The monoisotopic (exact) mass is 424 g/mol. The zero-order valence-corrected chi connectivity index (χ0v) is 17.7. The average molecular weight is 425 g/mol. The highest BCUT2D eigenvalue weighted by Gasteiger charge is 2.13. The summed E-state index contributed by atoms with van der Waals surface area (Å²) >= 11 is 0. The second-order valence-electron chi connectivity index (χ2n) is 6.89. The van der Waals surface area contributed by atoms with Crippen molar-refractivity contribution >= 4 is 27.3 Å². The molecular weight excluding hydrogens is 400 g/mol. The second kappa shape index (κ2) is 9.45. The number of aryl methyl sites for hydroxylation is 2. The Morgan fingerprint density at radius 2 is 1.47 bits per heavy atom. The van der Waals surface area contributed by atoms with Gasteiger partial charge >= 0.3 is 0 Å². The van der Waals surface area contributed by atoms with Gasteiger partial charge in [-0.1, -0.05) is 29.8 Å². The van der Waals surface area contributed by atoms with Crippen LogP contribution >= 0.6 is 0 Å². The van der Waals surface area contributed by atoms with Crippen LogP contribution in [0.3, 0.4) is 0 Å². The number of methoxy groups -OCH3 is 1. The van der Waals surface area contributed by atoms with Crippen molar-refractivity contribution in [3.8, 4) is 5.75 Å². The molecule has 30 heavy (non-hydrogen) atoms. The Morgan fingerprint density at radius 3 is 2.07 bits per heavy atom. The van der Waals surface area contributed by atoms with Crippen molar-refractivity contribution in [2.75, 3.05) is 17.1 Å². The van der Waals surface area contributed by atoms with Gasteiger partial charge in [-0.2, -0.15) is 0 Å². The van der Waals surface area contributed by atoms with Crippen molar-refractivity contribution in [3.05, 3.63) is 83.9 Å². The number of benzene rings is 3. The highest BCUT2D eigenvalue weighted by molar-refractivity contribution is 7.92. The quantitative estimate of drug-likeness (QED) is 0.562. The molecule has 0 heterocycles. The van der Waals surface area contributed by atoms with E-state index >= 15 is 0 Å². The topological polar surface area (TPSA) is 84.5 Å². The minimum Gasteiger partial charge on any atom is -0.497 e. The Bertz CT molecular complexity index is 1090. The lowest BCUT2D eigenvalue weighted by atomic mass is 10.1. The molecule has 0 saturated heterocycles. The van der Waals surface area contributed by atoms with Crippen molar-refractivity contribution < 1.29 is 17.9 Å². The summed E-state index contributed by atoms with van der Waals surface area (Å²) in [5, 5.41) is 2.82. The summed E-state index contributed by atoms with van der Waals surface area (Å²) in [6, 6.07) is 20.8. The number of hydrogen-bond acceptors (Lipinski definition) is 4. The third-order valence-electron chi connectivity index (χ3n) is 4.55. The minimum atomic E-state index is -3.66. The Kier molecular flexibility index (Phi) is 6.74. The predicted molar refractivity (Wildman–Crippen MR) is 118 cm³/mol. The molecule has 0 aliphatic rings. The van der Waals surface area contributed by atoms with Crippen LogP contribution in [0.5, 0.6) is 5.75 Å². The molecule has 3 aromatic rings. The molecule has 7 heteroatoms. The van der Waals surface area contributed by atoms with Gasteiger partial charge in [0.2, 0.25) is 5.91 Å². The van der Waals surface area contributed by atoms with Gasteiger partial charge in [0.1, 0.15) is 5.75 Å². The summed E-state index contributed by atoms with van der Waals surface area (Å²) in [5.41, 5.74) is 3.06. The van der Waals surface area contributed by atoms with Gasteiger partial charge in [-0.05, 0) is 67.4 Å². The predicted octanol–water partition coefficient (Wildman–Crippen LogP) is 4.38. The van der Waals surface area contributed by atoms with Crippen molar-refractivity contribution in [1.82, 2.24) is 0 Å². The van der Waals surface area contributed by atoms with Crippen LogP contribution in [-0.2, 0) is 21.2 Å². The molecule has 0 aliphatic heterocycles. The fraction of sp³-hybridized carbons (Fsp3) is 0.174. The molecule has 0 radical (unpaired) electrons. The molecule has 156 valence electrons. The molecule has 0 atom stereocenters. The summed E-state index contributed by atoms with van der Waals surface area (Å²) < 4.78 is 32.6. The van der Waals surface area contributed by atoms with E-state index in [4.69, 9.17) is 4.74 Å². The van der Waals surface area contributed by atoms with E-state index in [1.807, 2.05) is 31.2 Å². The molecule has 0 bridgehead atoms. The Labute approximate surface area is 177 Å². The van der Waals surface area contributed by atoms with E-state index in [9.17, 15) is 13.2 Å². The number of anilines is 2. The molecule has 0 saturated carbocycles. The molecule has 3 rings (SSSR count). The summed E-state index contributed by atoms with van der Waals surface area (Å²) in [5.74, 6) is 0.667. The van der Waals surface area contributed by atoms with E-state index < -0.39 is 10.0 Å². The fourth-order valence-corrected chi connectivity index (χ4v) is 3.89. The minimum absolute atomic E-state index is 0.112. The lowest BCUT2D eigenvalue weighted by Crippen LogP contribution is -2.14.